The number of imidazole rings is 1. The molecular formula is C21H15ClFN7S. The van der Waals surface area contributed by atoms with Crippen molar-refractivity contribution in [2.75, 3.05) is 10.6 Å². The van der Waals surface area contributed by atoms with E-state index in [1.807, 2.05) is 22.9 Å². The summed E-state index contributed by atoms with van der Waals surface area (Å²) in [5.41, 5.74) is 3.28. The number of halogens is 2. The molecule has 0 saturated carbocycles. The van der Waals surface area contributed by atoms with Gasteiger partial charge in [-0.15, -0.1) is 0 Å². The third-order valence-corrected chi connectivity index (χ3v) is 5.76. The lowest BCUT2D eigenvalue weighted by atomic mass is 10.2. The van der Waals surface area contributed by atoms with Crippen LogP contribution in [0.5, 0.6) is 0 Å². The van der Waals surface area contributed by atoms with Crippen LogP contribution in [0.3, 0.4) is 0 Å². The SMILES string of the molecule is Fc1ccc(Nc2ncnc3nc(Nc4ccc(Cn5ccnc5)cc4)sc23)cc1Cl. The number of aromatic nitrogens is 5. The first-order chi connectivity index (χ1) is 15.1. The largest absolute Gasteiger partial charge is 0.339 e. The second kappa shape index (κ2) is 8.29. The summed E-state index contributed by atoms with van der Waals surface area (Å²) in [6.45, 7) is 0.763. The van der Waals surface area contributed by atoms with Gasteiger partial charge in [0.25, 0.3) is 0 Å². The molecule has 2 aromatic carbocycles. The molecule has 0 amide bonds. The van der Waals surface area contributed by atoms with Crippen LogP contribution in [-0.2, 0) is 6.54 Å². The van der Waals surface area contributed by atoms with E-state index in [-0.39, 0.29) is 5.02 Å². The average molecular weight is 452 g/mol. The van der Waals surface area contributed by atoms with Crippen LogP contribution >= 0.6 is 22.9 Å². The van der Waals surface area contributed by atoms with Crippen molar-refractivity contribution in [3.63, 3.8) is 0 Å². The van der Waals surface area contributed by atoms with Crippen LogP contribution in [0.25, 0.3) is 10.3 Å². The van der Waals surface area contributed by atoms with Crippen molar-refractivity contribution in [1.82, 2.24) is 24.5 Å². The number of nitrogens with one attached hydrogen (secondary N) is 2. The first-order valence-electron chi connectivity index (χ1n) is 9.29. The van der Waals surface area contributed by atoms with Crippen molar-refractivity contribution in [2.24, 2.45) is 0 Å². The van der Waals surface area contributed by atoms with Gasteiger partial charge < -0.3 is 15.2 Å². The Kier molecular flexibility index (Phi) is 5.19. The molecule has 3 aromatic heterocycles. The second-order valence-electron chi connectivity index (χ2n) is 6.70. The van der Waals surface area contributed by atoms with E-state index in [1.165, 1.54) is 35.4 Å². The van der Waals surface area contributed by atoms with E-state index in [0.29, 0.717) is 22.3 Å². The van der Waals surface area contributed by atoms with Gasteiger partial charge in [0.2, 0.25) is 0 Å². The van der Waals surface area contributed by atoms with Gasteiger partial charge in [0.05, 0.1) is 11.3 Å². The van der Waals surface area contributed by atoms with Gasteiger partial charge in [-0.1, -0.05) is 35.1 Å². The molecule has 0 unspecified atom stereocenters. The standard InChI is InChI=1S/C21H15ClFN7S/c22-16-9-15(5-6-17(16)23)27-19-18-20(26-11-25-19)29-21(31-18)28-14-3-1-13(2-4-14)10-30-8-7-24-12-30/h1-9,11-12H,10H2,(H2,25,26,27,28,29). The van der Waals surface area contributed by atoms with Gasteiger partial charge in [0.15, 0.2) is 16.6 Å². The molecule has 10 heteroatoms. The third kappa shape index (κ3) is 4.32. The van der Waals surface area contributed by atoms with Crippen molar-refractivity contribution in [2.45, 2.75) is 6.54 Å². The van der Waals surface area contributed by atoms with E-state index < -0.39 is 5.82 Å². The zero-order valence-corrected chi connectivity index (χ0v) is 17.5. The predicted octanol–water partition coefficient (Wildman–Crippen LogP) is 5.61. The molecule has 0 atom stereocenters. The third-order valence-electron chi connectivity index (χ3n) is 4.50. The molecule has 0 spiro atoms. The summed E-state index contributed by atoms with van der Waals surface area (Å²) < 4.78 is 16.2. The number of fused-ring (bicyclic) bond motifs is 1. The number of anilines is 4. The maximum atomic E-state index is 13.4. The van der Waals surface area contributed by atoms with Gasteiger partial charge in [0.1, 0.15) is 16.8 Å². The summed E-state index contributed by atoms with van der Waals surface area (Å²) in [5, 5.41) is 7.20. The van der Waals surface area contributed by atoms with Gasteiger partial charge in [-0.25, -0.2) is 19.3 Å². The molecule has 0 fully saturated rings. The predicted molar refractivity (Wildman–Crippen MR) is 121 cm³/mol. The highest BCUT2D eigenvalue weighted by atomic mass is 35.5. The molecule has 0 saturated heterocycles. The summed E-state index contributed by atoms with van der Waals surface area (Å²) in [6, 6.07) is 12.5. The highest BCUT2D eigenvalue weighted by Crippen LogP contribution is 2.33. The Hall–Kier alpha value is -3.56. The lowest BCUT2D eigenvalue weighted by molar-refractivity contribution is 0.628. The van der Waals surface area contributed by atoms with E-state index in [0.717, 1.165) is 16.9 Å². The molecule has 5 aromatic rings. The fourth-order valence-corrected chi connectivity index (χ4v) is 4.08. The van der Waals surface area contributed by atoms with Crippen LogP contribution < -0.4 is 10.6 Å². The molecule has 2 N–H and O–H groups in total. The summed E-state index contributed by atoms with van der Waals surface area (Å²) in [4.78, 5) is 17.1. The zero-order valence-electron chi connectivity index (χ0n) is 16.0. The van der Waals surface area contributed by atoms with Crippen molar-refractivity contribution in [3.05, 3.63) is 83.9 Å². The smallest absolute Gasteiger partial charge is 0.189 e. The van der Waals surface area contributed by atoms with Gasteiger partial charge in [-0.05, 0) is 35.9 Å². The monoisotopic (exact) mass is 451 g/mol. The van der Waals surface area contributed by atoms with E-state index in [9.17, 15) is 4.39 Å². The summed E-state index contributed by atoms with van der Waals surface area (Å²) >= 11 is 7.30. The maximum Gasteiger partial charge on any atom is 0.189 e. The Bertz CT molecular complexity index is 1340. The fourth-order valence-electron chi connectivity index (χ4n) is 3.01. The Balaban J connectivity index is 1.35. The van der Waals surface area contributed by atoms with Crippen molar-refractivity contribution < 1.29 is 4.39 Å². The Labute approximate surface area is 185 Å². The van der Waals surface area contributed by atoms with Crippen LogP contribution in [0.4, 0.5) is 26.7 Å². The lowest BCUT2D eigenvalue weighted by Gasteiger charge is -2.06. The van der Waals surface area contributed by atoms with Crippen molar-refractivity contribution in [3.8, 4) is 0 Å². The maximum absolute atomic E-state index is 13.4. The average Bonchev–Trinajstić information content (AvgIpc) is 3.42. The van der Waals surface area contributed by atoms with Crippen LogP contribution in [0.1, 0.15) is 5.56 Å². The Morgan fingerprint density at radius 2 is 1.87 bits per heavy atom. The van der Waals surface area contributed by atoms with E-state index in [2.05, 4.69) is 42.7 Å². The minimum absolute atomic E-state index is 0.0402. The van der Waals surface area contributed by atoms with Crippen LogP contribution in [0.15, 0.2) is 67.5 Å². The number of rotatable bonds is 6. The summed E-state index contributed by atoms with van der Waals surface area (Å²) in [7, 11) is 0. The van der Waals surface area contributed by atoms with Crippen LogP contribution in [-0.4, -0.2) is 24.5 Å². The lowest BCUT2D eigenvalue weighted by Crippen LogP contribution is -1.96. The highest BCUT2D eigenvalue weighted by Gasteiger charge is 2.12. The highest BCUT2D eigenvalue weighted by molar-refractivity contribution is 7.22. The number of nitrogens with zero attached hydrogens (tertiary/aromatic N) is 5. The van der Waals surface area contributed by atoms with Crippen molar-refractivity contribution >= 4 is 55.6 Å². The number of thiazole rings is 1. The molecule has 154 valence electrons. The number of hydrogen-bond acceptors (Lipinski definition) is 7. The first-order valence-corrected chi connectivity index (χ1v) is 10.5. The molecule has 0 aliphatic rings. The minimum atomic E-state index is -0.472. The zero-order chi connectivity index (χ0) is 21.2. The molecular weight excluding hydrogens is 437 g/mol. The Morgan fingerprint density at radius 1 is 1.03 bits per heavy atom. The molecule has 0 radical (unpaired) electrons. The Morgan fingerprint density at radius 3 is 2.65 bits per heavy atom. The van der Waals surface area contributed by atoms with E-state index in [1.54, 1.807) is 18.6 Å². The molecule has 7 nitrogen and oxygen atoms in total. The van der Waals surface area contributed by atoms with Gasteiger partial charge in [-0.2, -0.15) is 4.98 Å². The van der Waals surface area contributed by atoms with E-state index >= 15 is 0 Å². The minimum Gasteiger partial charge on any atom is -0.339 e. The number of benzene rings is 2. The topological polar surface area (TPSA) is 80.5 Å². The van der Waals surface area contributed by atoms with E-state index in [4.69, 9.17) is 11.6 Å². The summed E-state index contributed by atoms with van der Waals surface area (Å²) in [6.07, 6.45) is 6.92. The summed E-state index contributed by atoms with van der Waals surface area (Å²) in [5.74, 6) is 0.106. The molecule has 0 aliphatic carbocycles. The quantitative estimate of drug-likeness (QED) is 0.349. The van der Waals surface area contributed by atoms with Gasteiger partial charge >= 0.3 is 0 Å². The fraction of sp³-hybridized carbons (Fsp3) is 0.0476. The normalized spacial score (nSPS) is 11.0. The molecule has 31 heavy (non-hydrogen) atoms. The van der Waals surface area contributed by atoms with Gasteiger partial charge in [-0.3, -0.25) is 0 Å². The van der Waals surface area contributed by atoms with Crippen LogP contribution in [0.2, 0.25) is 5.02 Å². The van der Waals surface area contributed by atoms with Crippen molar-refractivity contribution in [1.29, 1.82) is 0 Å². The number of hydrogen-bond donors (Lipinski definition) is 2. The first kappa shape index (κ1) is 19.4. The second-order valence-corrected chi connectivity index (χ2v) is 8.11. The molecule has 5 rings (SSSR count). The van der Waals surface area contributed by atoms with Crippen LogP contribution in [0, 0.1) is 5.82 Å². The molecule has 0 aliphatic heterocycles. The molecule has 3 heterocycles. The molecule has 0 bridgehead atoms. The van der Waals surface area contributed by atoms with Gasteiger partial charge in [0, 0.05) is 30.3 Å².